The molecule has 0 spiro atoms. The minimum Gasteiger partial charge on any atom is -0.362 e. The highest BCUT2D eigenvalue weighted by molar-refractivity contribution is 6.10. The molecule has 0 atom stereocenters. The van der Waals surface area contributed by atoms with E-state index < -0.39 is 0 Å². The van der Waals surface area contributed by atoms with Crippen molar-refractivity contribution in [1.29, 1.82) is 0 Å². The Balaban J connectivity index is 0.871. The Bertz CT molecular complexity index is 5040. The molecule has 0 unspecified atom stereocenters. The molecule has 0 aromatic heterocycles. The third-order valence-corrected chi connectivity index (χ3v) is 33.2. The van der Waals surface area contributed by atoms with E-state index in [1.807, 2.05) is 0 Å². The second-order valence-corrected chi connectivity index (χ2v) is 41.2. The van der Waals surface area contributed by atoms with Gasteiger partial charge in [0, 0.05) is 140 Å². The summed E-state index contributed by atoms with van der Waals surface area (Å²) in [5, 5.41) is 11.1. The highest BCUT2D eigenvalue weighted by Gasteiger charge is 2.59. The number of hydrogen-bond acceptors (Lipinski definition) is 9. The number of dihydropyridines is 3. The number of ketones is 6. The Morgan fingerprint density at radius 1 is 0.233 bits per heavy atom. The van der Waals surface area contributed by atoms with Crippen LogP contribution in [0.4, 0.5) is 0 Å². The molecule has 3 N–H and O–H groups in total. The normalized spacial score (nSPS) is 19.5. The highest BCUT2D eigenvalue weighted by Crippen LogP contribution is 2.73. The van der Waals surface area contributed by atoms with Crippen molar-refractivity contribution >= 4 is 34.7 Å². The molecule has 19 rings (SSSR count). The zero-order valence-electron chi connectivity index (χ0n) is 78.7. The highest BCUT2D eigenvalue weighted by atomic mass is 16.1. The summed E-state index contributed by atoms with van der Waals surface area (Å²) in [4.78, 5) is 86.2. The quantitative estimate of drug-likeness (QED) is 0.0328. The summed E-state index contributed by atoms with van der Waals surface area (Å²) in [5.74, 6) is -0.0820. The number of nitrogens with one attached hydrogen (secondary N) is 3. The number of carbonyl (C=O) groups is 6. The number of rotatable bonds is 36. The van der Waals surface area contributed by atoms with Gasteiger partial charge in [0.2, 0.25) is 0 Å². The first kappa shape index (κ1) is 88.7. The summed E-state index contributed by atoms with van der Waals surface area (Å²) in [5.41, 5.74) is 38.4. The van der Waals surface area contributed by atoms with Gasteiger partial charge in [-0.25, -0.2) is 0 Å². The molecule has 0 amide bonds. The lowest BCUT2D eigenvalue weighted by Gasteiger charge is -2.40. The molecule has 12 aliphatic rings. The fraction of sp³-hybridized carbons (Fsp3) is 0.500. The van der Waals surface area contributed by atoms with E-state index in [1.54, 1.807) is 16.7 Å². The fourth-order valence-electron chi connectivity index (χ4n) is 27.0. The molecule has 0 saturated carbocycles. The Morgan fingerprint density at radius 3 is 0.620 bits per heavy atom. The first-order valence-electron chi connectivity index (χ1n) is 52.1. The van der Waals surface area contributed by atoms with Crippen LogP contribution < -0.4 is 16.0 Å². The predicted octanol–water partition coefficient (Wildman–Crippen LogP) is 30.4. The third kappa shape index (κ3) is 15.9. The van der Waals surface area contributed by atoms with Gasteiger partial charge in [-0.15, -0.1) is 0 Å². The van der Waals surface area contributed by atoms with Gasteiger partial charge in [-0.2, -0.15) is 0 Å². The van der Waals surface area contributed by atoms with Crippen LogP contribution >= 0.6 is 0 Å². The van der Waals surface area contributed by atoms with Gasteiger partial charge in [0.1, 0.15) is 0 Å². The number of hydrogen-bond donors (Lipinski definition) is 3. The second-order valence-electron chi connectivity index (χ2n) is 41.2. The van der Waals surface area contributed by atoms with Crippen LogP contribution in [0.15, 0.2) is 195 Å². The van der Waals surface area contributed by atoms with Crippen molar-refractivity contribution < 1.29 is 28.8 Å². The van der Waals surface area contributed by atoms with Crippen LogP contribution in [0.3, 0.4) is 0 Å². The SMILES string of the molecule is CCCCCCC1(CCCCCC)c2cc(-c3ccc(C4C5=C(CCCC5=O)NC5=C4C(=O)CCC5)cc3)ccc2-c2c1c1c(c3c2C(CCCCCC)(CCCCCC)c2cc(-c4ccc(C5C6=C(CCCC6=O)NC6=C5C(=O)CCC6)cc4)ccc2-3)C(CCCCCC)(CCCCCC)c2cc(-c3ccc(C4C5=C(CCCC5=O)NC5=C4C(=O)CCC5)cc3)ccc2-1. The fourth-order valence-corrected chi connectivity index (χ4v) is 27.0. The van der Waals surface area contributed by atoms with E-state index in [0.717, 1.165) is 294 Å². The van der Waals surface area contributed by atoms with Crippen LogP contribution in [0.25, 0.3) is 66.8 Å². The molecule has 7 aromatic carbocycles. The van der Waals surface area contributed by atoms with Gasteiger partial charge in [0.15, 0.2) is 34.7 Å². The lowest BCUT2D eigenvalue weighted by Crippen LogP contribution is -2.36. The molecular weight excluding hydrogens is 1580 g/mol. The summed E-state index contributed by atoms with van der Waals surface area (Å²) in [6, 6.07) is 51.3. The van der Waals surface area contributed by atoms with E-state index in [9.17, 15) is 28.8 Å². The smallest absolute Gasteiger partial charge is 0.161 e. The van der Waals surface area contributed by atoms with Crippen molar-refractivity contribution in [3.8, 4) is 66.8 Å². The van der Waals surface area contributed by atoms with Gasteiger partial charge in [-0.3, -0.25) is 28.8 Å². The van der Waals surface area contributed by atoms with Gasteiger partial charge in [0.05, 0.1) is 0 Å². The standard InChI is InChI=1S/C120H141N3O6/c1-7-13-19-25-67-118(68-26-20-14-8-2)88-73-82(76-49-55-79(56-50-76)103-109-91(37-31-43-97(109)124)121-92-38-32-44-98(125)110(92)103)61-64-85(88)106-115(118)107-86-65-62-83(77-51-57-80(58-52-77)104-111-93(39-33-45-99(111)126)122-94-40-34-46-100(127)112(94)104)74-89(86)119(69-27-21-15-9-3,70-28-22-16-10-4)117(107)108-87-66-63-84(75-90(87)120(116(106)108,71-29-23-17-11-5)72-30-24-18-12-6)78-53-59-81(60-54-78)105-113-95(41-35-47-101(113)128)123-96-42-36-48-102(129)114(96)105/h49-66,73-75,103-105,121-123H,7-48,67-72H2,1-6H3. The third-order valence-electron chi connectivity index (χ3n) is 33.2. The Hall–Kier alpha value is -9.60. The van der Waals surface area contributed by atoms with Crippen molar-refractivity contribution in [2.24, 2.45) is 0 Å². The van der Waals surface area contributed by atoms with Crippen LogP contribution in [0.2, 0.25) is 0 Å². The van der Waals surface area contributed by atoms with Crippen molar-refractivity contribution in [3.05, 3.63) is 245 Å². The number of carbonyl (C=O) groups excluding carboxylic acids is 6. The summed E-state index contributed by atoms with van der Waals surface area (Å²) < 4.78 is 0. The molecule has 9 aliphatic carbocycles. The first-order chi connectivity index (χ1) is 63.2. The summed E-state index contributed by atoms with van der Waals surface area (Å²) >= 11 is 0. The first-order valence-corrected chi connectivity index (χ1v) is 52.1. The summed E-state index contributed by atoms with van der Waals surface area (Å²) in [7, 11) is 0. The number of Topliss-reactive ketones (excluding diaryl/α,β-unsaturated/α-hetero) is 6. The zero-order valence-corrected chi connectivity index (χ0v) is 78.7. The summed E-state index contributed by atoms with van der Waals surface area (Å²) in [6.07, 6.45) is 47.1. The maximum absolute atomic E-state index is 14.4. The van der Waals surface area contributed by atoms with E-state index in [0.29, 0.717) is 38.5 Å². The van der Waals surface area contributed by atoms with Crippen LogP contribution in [0.5, 0.6) is 0 Å². The van der Waals surface area contributed by atoms with Crippen molar-refractivity contribution in [2.45, 2.75) is 384 Å². The monoisotopic (exact) mass is 1720 g/mol. The van der Waals surface area contributed by atoms with Crippen molar-refractivity contribution in [2.75, 3.05) is 0 Å². The van der Waals surface area contributed by atoms with Gasteiger partial charge < -0.3 is 16.0 Å². The molecule has 7 aromatic rings. The molecular formula is C120H141N3O6. The lowest BCUT2D eigenvalue weighted by molar-refractivity contribution is -0.118. The van der Waals surface area contributed by atoms with E-state index in [4.69, 9.17) is 0 Å². The summed E-state index contributed by atoms with van der Waals surface area (Å²) in [6.45, 7) is 14.3. The maximum atomic E-state index is 14.4. The van der Waals surface area contributed by atoms with E-state index in [2.05, 4.69) is 185 Å². The molecule has 9 heteroatoms. The van der Waals surface area contributed by atoms with E-state index in [-0.39, 0.29) is 68.7 Å². The maximum Gasteiger partial charge on any atom is 0.161 e. The molecule has 3 heterocycles. The molecule has 129 heavy (non-hydrogen) atoms. The van der Waals surface area contributed by atoms with Gasteiger partial charge in [-0.05, 0) is 251 Å². The van der Waals surface area contributed by atoms with Crippen LogP contribution in [-0.4, -0.2) is 34.7 Å². The minimum absolute atomic E-state index is 0.171. The van der Waals surface area contributed by atoms with Crippen LogP contribution in [-0.2, 0) is 45.0 Å². The Labute approximate surface area is 770 Å². The molecule has 0 bridgehead atoms. The van der Waals surface area contributed by atoms with Crippen LogP contribution in [0.1, 0.15) is 418 Å². The van der Waals surface area contributed by atoms with E-state index >= 15 is 0 Å². The number of benzene rings is 7. The van der Waals surface area contributed by atoms with Crippen molar-refractivity contribution in [3.63, 3.8) is 0 Å². The van der Waals surface area contributed by atoms with Gasteiger partial charge in [0.25, 0.3) is 0 Å². The molecule has 0 fully saturated rings. The predicted molar refractivity (Wildman–Crippen MR) is 527 cm³/mol. The number of allylic oxidation sites excluding steroid dienone is 12. The molecule has 672 valence electrons. The molecule has 0 radical (unpaired) electrons. The van der Waals surface area contributed by atoms with Crippen LogP contribution in [0, 0.1) is 0 Å². The number of unbranched alkanes of at least 4 members (excludes halogenated alkanes) is 18. The zero-order chi connectivity index (χ0) is 88.7. The number of fused-ring (bicyclic) bond motifs is 12. The van der Waals surface area contributed by atoms with E-state index in [1.165, 1.54) is 144 Å². The average molecular weight is 1720 g/mol. The lowest BCUT2D eigenvalue weighted by atomic mass is 9.63. The largest absolute Gasteiger partial charge is 0.362 e. The topological polar surface area (TPSA) is 139 Å². The Morgan fingerprint density at radius 2 is 0.426 bits per heavy atom. The molecule has 3 aliphatic heterocycles. The van der Waals surface area contributed by atoms with Crippen molar-refractivity contribution in [1.82, 2.24) is 16.0 Å². The van der Waals surface area contributed by atoms with Gasteiger partial charge >= 0.3 is 0 Å². The van der Waals surface area contributed by atoms with Gasteiger partial charge in [-0.1, -0.05) is 305 Å². The molecule has 9 nitrogen and oxygen atoms in total. The minimum atomic E-state index is -0.375. The second kappa shape index (κ2) is 38.3. The average Bonchev–Trinajstić information content (AvgIpc) is 1.48. The Kier molecular flexibility index (Phi) is 26.3. The molecule has 0 saturated heterocycles.